The van der Waals surface area contributed by atoms with Crippen LogP contribution >= 0.6 is 0 Å². The molecule has 0 aliphatic rings. The number of nitrogens with one attached hydrogen (secondary N) is 3. The largest absolute Gasteiger partial charge is 0.356 e. The molecule has 0 radical (unpaired) electrons. The van der Waals surface area contributed by atoms with E-state index < -0.39 is 37.6 Å². The van der Waals surface area contributed by atoms with E-state index in [0.717, 1.165) is 11.9 Å². The molecular formula is C30H26N8O6S. The highest BCUT2D eigenvalue weighted by atomic mass is 32.2. The summed E-state index contributed by atoms with van der Waals surface area (Å²) in [5.41, 5.74) is 2.02. The van der Waals surface area contributed by atoms with Crippen LogP contribution in [0.2, 0.25) is 0 Å². The van der Waals surface area contributed by atoms with Crippen LogP contribution in [-0.4, -0.2) is 56.7 Å². The number of rotatable bonds is 11. The van der Waals surface area contributed by atoms with Gasteiger partial charge in [0.25, 0.3) is 22.3 Å². The second kappa shape index (κ2) is 12.8. The maximum absolute atomic E-state index is 13.3. The van der Waals surface area contributed by atoms with E-state index in [4.69, 9.17) is 6.42 Å². The zero-order valence-electron chi connectivity index (χ0n) is 23.8. The number of aryl methyl sites for hydroxylation is 1. The maximum atomic E-state index is 13.3. The van der Waals surface area contributed by atoms with Crippen LogP contribution in [0.4, 0.5) is 11.4 Å². The van der Waals surface area contributed by atoms with Crippen LogP contribution in [0.1, 0.15) is 33.4 Å². The minimum Gasteiger partial charge on any atom is -0.356 e. The number of aromatic nitrogens is 5. The molecule has 0 fully saturated rings. The number of hydrogen-bond acceptors (Lipinski definition) is 10. The Bertz CT molecular complexity index is 2090. The summed E-state index contributed by atoms with van der Waals surface area (Å²) in [5.74, 6) is 1.89. The molecule has 2 aromatic heterocycles. The molecule has 45 heavy (non-hydrogen) atoms. The van der Waals surface area contributed by atoms with Gasteiger partial charge in [0.05, 0.1) is 34.2 Å². The summed E-state index contributed by atoms with van der Waals surface area (Å²) in [6.45, 7) is 2.31. The van der Waals surface area contributed by atoms with Gasteiger partial charge >= 0.3 is 0 Å². The van der Waals surface area contributed by atoms with Crippen molar-refractivity contribution in [3.05, 3.63) is 116 Å². The summed E-state index contributed by atoms with van der Waals surface area (Å²) in [7, 11) is -4.09. The van der Waals surface area contributed by atoms with Gasteiger partial charge in [-0.15, -0.1) is 11.5 Å². The minimum atomic E-state index is -4.09. The minimum absolute atomic E-state index is 0.212. The van der Waals surface area contributed by atoms with Crippen LogP contribution in [-0.2, 0) is 16.4 Å². The molecule has 0 saturated heterocycles. The van der Waals surface area contributed by atoms with Crippen molar-refractivity contribution < 1.29 is 18.1 Å². The normalized spacial score (nSPS) is 11.9. The number of H-pyrrole nitrogens is 2. The number of amides is 1. The number of nitrogens with zero attached hydrogens (tertiary/aromatic N) is 5. The smallest absolute Gasteiger partial charge is 0.269 e. The molecule has 14 nitrogen and oxygen atoms in total. The number of carbonyl (C=O) groups is 1. The molecule has 0 spiro atoms. The fourth-order valence-electron chi connectivity index (χ4n) is 4.75. The van der Waals surface area contributed by atoms with Gasteiger partial charge in [-0.25, -0.2) is 18.4 Å². The number of nitro benzene ring substituents is 1. The van der Waals surface area contributed by atoms with E-state index in [2.05, 4.69) is 36.4 Å². The monoisotopic (exact) mass is 626 g/mol. The van der Waals surface area contributed by atoms with Crippen molar-refractivity contribution in [2.45, 2.75) is 24.7 Å². The number of carbonyl (C=O) groups excluding carboxylic acids is 1. The molecule has 1 atom stereocenters. The lowest BCUT2D eigenvalue weighted by Crippen LogP contribution is -2.33. The molecule has 3 N–H and O–H groups in total. The number of hydrogen-bond donors (Lipinski definition) is 3. The average Bonchev–Trinajstić information content (AvgIpc) is 3.57. The van der Waals surface area contributed by atoms with Crippen LogP contribution in [0, 0.1) is 29.4 Å². The van der Waals surface area contributed by atoms with Crippen LogP contribution in [0.3, 0.4) is 0 Å². The highest BCUT2D eigenvalue weighted by Gasteiger charge is 2.28. The van der Waals surface area contributed by atoms with Crippen molar-refractivity contribution in [3.63, 3.8) is 0 Å². The fraction of sp³-hybridized carbons (Fsp3) is 0.167. The summed E-state index contributed by atoms with van der Waals surface area (Å²) in [4.78, 5) is 49.2. The molecule has 0 aliphatic heterocycles. The van der Waals surface area contributed by atoms with Gasteiger partial charge in [0.1, 0.15) is 12.2 Å². The summed E-state index contributed by atoms with van der Waals surface area (Å²) >= 11 is 0. The van der Waals surface area contributed by atoms with E-state index in [-0.39, 0.29) is 28.9 Å². The van der Waals surface area contributed by atoms with Gasteiger partial charge in [-0.05, 0) is 54.4 Å². The molecule has 228 valence electrons. The van der Waals surface area contributed by atoms with Crippen molar-refractivity contribution in [2.75, 3.05) is 17.2 Å². The van der Waals surface area contributed by atoms with Crippen molar-refractivity contribution in [1.82, 2.24) is 30.5 Å². The van der Waals surface area contributed by atoms with Crippen molar-refractivity contribution >= 4 is 38.0 Å². The fourth-order valence-corrected chi connectivity index (χ4v) is 6.02. The van der Waals surface area contributed by atoms with E-state index in [1.54, 1.807) is 43.3 Å². The molecule has 15 heteroatoms. The molecule has 0 aliphatic carbocycles. The number of aromatic amines is 2. The van der Waals surface area contributed by atoms with Gasteiger partial charge in [-0.2, -0.15) is 0 Å². The number of non-ortho nitro benzene ring substituents is 1. The molecule has 2 heterocycles. The predicted molar refractivity (Wildman–Crippen MR) is 165 cm³/mol. The van der Waals surface area contributed by atoms with Crippen LogP contribution in [0.15, 0.2) is 83.0 Å². The summed E-state index contributed by atoms with van der Waals surface area (Å²) in [6, 6.07) is 16.1. The Hall–Kier alpha value is -5.88. The van der Waals surface area contributed by atoms with Gasteiger partial charge in [0.15, 0.2) is 0 Å². The van der Waals surface area contributed by atoms with E-state index in [1.165, 1.54) is 24.3 Å². The second-order valence-corrected chi connectivity index (χ2v) is 12.0. The first-order valence-electron chi connectivity index (χ1n) is 13.5. The Morgan fingerprint density at radius 1 is 1.16 bits per heavy atom. The maximum Gasteiger partial charge on any atom is 0.269 e. The summed E-state index contributed by atoms with van der Waals surface area (Å²) in [6.07, 6.45) is 6.74. The first-order valence-corrected chi connectivity index (χ1v) is 15.1. The van der Waals surface area contributed by atoms with E-state index in [0.29, 0.717) is 29.0 Å². The van der Waals surface area contributed by atoms with Crippen LogP contribution in [0.5, 0.6) is 0 Å². The van der Waals surface area contributed by atoms with Gasteiger partial charge in [0.2, 0.25) is 9.84 Å². The number of anilines is 1. The number of fused-ring (bicyclic) bond motifs is 1. The molecule has 5 rings (SSSR count). The standard InChI is InChI=1S/C30H26N8O6S/c1-3-13-37(16-20-7-12-26-25(14-20)29(40)34-19(2)33-26)23-10-8-21(9-11-23)28(39)35-27(17-45(43,44)30-31-18-32-36-30)22-5-4-6-24(15-22)38(41)42/h1,4-12,14-15,18,27H,13,16-17H2,2H3,(H,35,39)(H,31,32,36)(H,33,34,40). The molecule has 0 bridgehead atoms. The summed E-state index contributed by atoms with van der Waals surface area (Å²) < 4.78 is 26.0. The SMILES string of the molecule is C#CCN(Cc1ccc2nc(C)[nH]c(=O)c2c1)c1ccc(C(=O)NC(CS(=O)(=O)c2nc[nH]n2)c2cccc([N+](=O)[O-])c2)cc1. The third kappa shape index (κ3) is 7.03. The number of sulfone groups is 1. The quantitative estimate of drug-likeness (QED) is 0.111. The van der Waals surface area contributed by atoms with Gasteiger partial charge in [-0.1, -0.05) is 24.1 Å². The third-order valence-corrected chi connectivity index (χ3v) is 8.41. The van der Waals surface area contributed by atoms with Crippen molar-refractivity contribution in [1.29, 1.82) is 0 Å². The van der Waals surface area contributed by atoms with E-state index in [1.807, 2.05) is 11.0 Å². The van der Waals surface area contributed by atoms with E-state index >= 15 is 0 Å². The highest BCUT2D eigenvalue weighted by molar-refractivity contribution is 7.91. The third-order valence-electron chi connectivity index (χ3n) is 6.88. The van der Waals surface area contributed by atoms with Gasteiger partial charge < -0.3 is 15.2 Å². The zero-order chi connectivity index (χ0) is 32.1. The molecule has 5 aromatic rings. The highest BCUT2D eigenvalue weighted by Crippen LogP contribution is 2.24. The van der Waals surface area contributed by atoms with Gasteiger partial charge in [-0.3, -0.25) is 24.8 Å². The molecule has 0 saturated carbocycles. The second-order valence-electron chi connectivity index (χ2n) is 10.1. The Morgan fingerprint density at radius 3 is 2.62 bits per heavy atom. The average molecular weight is 627 g/mol. The van der Waals surface area contributed by atoms with Gasteiger partial charge in [0, 0.05) is 29.9 Å². The molecule has 1 unspecified atom stereocenters. The number of terminal acetylenes is 1. The molecular weight excluding hydrogens is 600 g/mol. The Balaban J connectivity index is 1.38. The molecule has 3 aromatic carbocycles. The first kappa shape index (κ1) is 30.6. The van der Waals surface area contributed by atoms with Crippen molar-refractivity contribution in [2.24, 2.45) is 0 Å². The topological polar surface area (TPSA) is 197 Å². The van der Waals surface area contributed by atoms with Crippen LogP contribution < -0.4 is 15.8 Å². The lowest BCUT2D eigenvalue weighted by atomic mass is 10.1. The predicted octanol–water partition coefficient (Wildman–Crippen LogP) is 2.84. The lowest BCUT2D eigenvalue weighted by Gasteiger charge is -2.23. The lowest BCUT2D eigenvalue weighted by molar-refractivity contribution is -0.384. The summed E-state index contributed by atoms with van der Waals surface area (Å²) in [5, 5.41) is 20.0. The first-order chi connectivity index (χ1) is 21.5. The zero-order valence-corrected chi connectivity index (χ0v) is 24.6. The number of nitro groups is 1. The van der Waals surface area contributed by atoms with Crippen LogP contribution in [0.25, 0.3) is 10.9 Å². The molecule has 1 amide bonds. The Labute approximate surface area is 256 Å². The Morgan fingerprint density at radius 2 is 1.93 bits per heavy atom. The van der Waals surface area contributed by atoms with Crippen molar-refractivity contribution in [3.8, 4) is 12.3 Å². The number of benzene rings is 3. The Kier molecular flexibility index (Phi) is 8.68. The van der Waals surface area contributed by atoms with E-state index in [9.17, 15) is 28.1 Å².